The Balaban J connectivity index is 2.16. The second-order valence-electron chi connectivity index (χ2n) is 4.65. The van der Waals surface area contributed by atoms with Crippen LogP contribution in [-0.2, 0) is 19.1 Å². The van der Waals surface area contributed by atoms with E-state index in [0.29, 0.717) is 12.8 Å². The van der Waals surface area contributed by atoms with E-state index in [0.717, 1.165) is 0 Å². The summed E-state index contributed by atoms with van der Waals surface area (Å²) in [5, 5.41) is 9.29. The van der Waals surface area contributed by atoms with Crippen LogP contribution < -0.4 is 0 Å². The predicted octanol–water partition coefficient (Wildman–Crippen LogP) is 0.353. The molecule has 1 aliphatic heterocycles. The zero-order chi connectivity index (χ0) is 11.5. The number of aliphatic carboxylic acids is 1. The van der Waals surface area contributed by atoms with E-state index in [1.165, 1.54) is 0 Å². The van der Waals surface area contributed by atoms with Gasteiger partial charge >= 0.3 is 17.9 Å². The van der Waals surface area contributed by atoms with Crippen LogP contribution in [0.15, 0.2) is 12.2 Å². The van der Waals surface area contributed by atoms with Gasteiger partial charge in [-0.15, -0.1) is 0 Å². The van der Waals surface area contributed by atoms with Crippen molar-refractivity contribution in [3.8, 4) is 0 Å². The van der Waals surface area contributed by atoms with Crippen molar-refractivity contribution in [1.29, 1.82) is 0 Å². The molecule has 0 spiro atoms. The topological polar surface area (TPSA) is 80.7 Å². The van der Waals surface area contributed by atoms with Gasteiger partial charge in [0.2, 0.25) is 0 Å². The van der Waals surface area contributed by atoms with Gasteiger partial charge in [-0.3, -0.25) is 14.4 Å². The summed E-state index contributed by atoms with van der Waals surface area (Å²) in [4.78, 5) is 34.4. The van der Waals surface area contributed by atoms with Crippen LogP contribution in [0.1, 0.15) is 12.8 Å². The van der Waals surface area contributed by atoms with Gasteiger partial charge in [0.1, 0.15) is 0 Å². The molecule has 4 rings (SSSR count). The highest BCUT2D eigenvalue weighted by atomic mass is 16.6. The van der Waals surface area contributed by atoms with Crippen molar-refractivity contribution >= 4 is 17.9 Å². The van der Waals surface area contributed by atoms with Crippen molar-refractivity contribution in [2.45, 2.75) is 12.8 Å². The third-order valence-corrected chi connectivity index (χ3v) is 4.03. The van der Waals surface area contributed by atoms with Crippen LogP contribution >= 0.6 is 0 Å². The molecule has 2 fully saturated rings. The highest BCUT2D eigenvalue weighted by Gasteiger charge is 2.64. The molecular formula is C11H10O5. The summed E-state index contributed by atoms with van der Waals surface area (Å²) in [5.74, 6) is -3.71. The SMILES string of the molecule is O=C1OC(=O)[C@H]2[C@H]1[C@H]1C=C[C@@]2(C(=O)O)CC1. The molecule has 1 saturated carbocycles. The van der Waals surface area contributed by atoms with E-state index in [2.05, 4.69) is 4.74 Å². The van der Waals surface area contributed by atoms with Gasteiger partial charge < -0.3 is 9.84 Å². The Morgan fingerprint density at radius 1 is 1.44 bits per heavy atom. The Morgan fingerprint density at radius 2 is 2.19 bits per heavy atom. The Morgan fingerprint density at radius 3 is 2.75 bits per heavy atom. The van der Waals surface area contributed by atoms with E-state index in [-0.39, 0.29) is 5.92 Å². The average Bonchev–Trinajstić information content (AvgIpc) is 2.58. The van der Waals surface area contributed by atoms with Gasteiger partial charge in [0, 0.05) is 0 Å². The number of hydrogen-bond acceptors (Lipinski definition) is 4. The Labute approximate surface area is 91.1 Å². The van der Waals surface area contributed by atoms with Crippen molar-refractivity contribution < 1.29 is 24.2 Å². The summed E-state index contributed by atoms with van der Waals surface area (Å²) in [6, 6.07) is 0. The minimum absolute atomic E-state index is 0.0369. The summed E-state index contributed by atoms with van der Waals surface area (Å²) in [6.45, 7) is 0. The molecule has 1 N–H and O–H groups in total. The van der Waals surface area contributed by atoms with E-state index in [9.17, 15) is 19.5 Å². The first-order valence-corrected chi connectivity index (χ1v) is 5.24. The molecule has 0 aromatic heterocycles. The Bertz CT molecular complexity index is 438. The molecule has 4 aliphatic rings. The fraction of sp³-hybridized carbons (Fsp3) is 0.545. The first kappa shape index (κ1) is 9.57. The first-order chi connectivity index (χ1) is 7.56. The molecule has 16 heavy (non-hydrogen) atoms. The lowest BCUT2D eigenvalue weighted by atomic mass is 9.55. The minimum Gasteiger partial charge on any atom is -0.481 e. The molecule has 4 atom stereocenters. The number of ether oxygens (including phenoxy) is 1. The first-order valence-electron chi connectivity index (χ1n) is 5.24. The number of carboxylic acid groups (broad SMARTS) is 1. The number of allylic oxidation sites excluding steroid dienone is 1. The van der Waals surface area contributed by atoms with Crippen LogP contribution in [0.25, 0.3) is 0 Å². The fourth-order valence-electron chi connectivity index (χ4n) is 3.22. The number of fused-ring (bicyclic) bond motifs is 1. The summed E-state index contributed by atoms with van der Waals surface area (Å²) < 4.78 is 4.58. The van der Waals surface area contributed by atoms with Gasteiger partial charge in [0.05, 0.1) is 17.3 Å². The van der Waals surface area contributed by atoms with Crippen LogP contribution in [0.3, 0.4) is 0 Å². The van der Waals surface area contributed by atoms with Gasteiger partial charge in [-0.1, -0.05) is 12.2 Å². The Kier molecular flexibility index (Phi) is 1.63. The van der Waals surface area contributed by atoms with Crippen molar-refractivity contribution in [3.05, 3.63) is 12.2 Å². The molecule has 3 aliphatic carbocycles. The lowest BCUT2D eigenvalue weighted by molar-refractivity contribution is -0.161. The van der Waals surface area contributed by atoms with Crippen LogP contribution in [0.4, 0.5) is 0 Å². The van der Waals surface area contributed by atoms with Crippen molar-refractivity contribution in [3.63, 3.8) is 0 Å². The molecule has 0 aromatic rings. The lowest BCUT2D eigenvalue weighted by Crippen LogP contribution is -2.51. The highest BCUT2D eigenvalue weighted by molar-refractivity contribution is 6.01. The fourth-order valence-corrected chi connectivity index (χ4v) is 3.22. The molecule has 0 unspecified atom stereocenters. The second kappa shape index (κ2) is 2.72. The zero-order valence-corrected chi connectivity index (χ0v) is 8.38. The molecule has 84 valence electrons. The monoisotopic (exact) mass is 222 g/mol. The van der Waals surface area contributed by atoms with Crippen molar-refractivity contribution in [2.24, 2.45) is 23.2 Å². The van der Waals surface area contributed by atoms with Gasteiger partial charge in [-0.25, -0.2) is 0 Å². The summed E-state index contributed by atoms with van der Waals surface area (Å²) >= 11 is 0. The molecule has 2 bridgehead atoms. The van der Waals surface area contributed by atoms with Gasteiger partial charge in [0.25, 0.3) is 0 Å². The van der Waals surface area contributed by atoms with Crippen LogP contribution in [-0.4, -0.2) is 23.0 Å². The number of cyclic esters (lactones) is 2. The highest BCUT2D eigenvalue weighted by Crippen LogP contribution is 2.56. The van der Waals surface area contributed by atoms with E-state index < -0.39 is 35.2 Å². The number of rotatable bonds is 1. The molecule has 5 nitrogen and oxygen atoms in total. The number of carbonyl (C=O) groups excluding carboxylic acids is 2. The molecule has 0 amide bonds. The number of carbonyl (C=O) groups is 3. The van der Waals surface area contributed by atoms with Crippen LogP contribution in [0, 0.1) is 23.2 Å². The van der Waals surface area contributed by atoms with Crippen LogP contribution in [0.2, 0.25) is 0 Å². The maximum Gasteiger partial charge on any atom is 0.318 e. The molecule has 0 radical (unpaired) electrons. The summed E-state index contributed by atoms with van der Waals surface area (Å²) in [7, 11) is 0. The van der Waals surface area contributed by atoms with Gasteiger partial charge in [0.15, 0.2) is 0 Å². The second-order valence-corrected chi connectivity index (χ2v) is 4.65. The maximum absolute atomic E-state index is 11.6. The van der Waals surface area contributed by atoms with E-state index in [1.54, 1.807) is 12.2 Å². The van der Waals surface area contributed by atoms with Gasteiger partial charge in [-0.2, -0.15) is 0 Å². The summed E-state index contributed by atoms with van der Waals surface area (Å²) in [6.07, 6.45) is 4.36. The number of hydrogen-bond donors (Lipinski definition) is 1. The van der Waals surface area contributed by atoms with E-state index >= 15 is 0 Å². The quantitative estimate of drug-likeness (QED) is 0.393. The van der Waals surface area contributed by atoms with Crippen molar-refractivity contribution in [1.82, 2.24) is 0 Å². The maximum atomic E-state index is 11.6. The molecule has 5 heteroatoms. The zero-order valence-electron chi connectivity index (χ0n) is 8.38. The largest absolute Gasteiger partial charge is 0.481 e. The molecule has 0 aromatic carbocycles. The van der Waals surface area contributed by atoms with E-state index in [4.69, 9.17) is 0 Å². The standard InChI is InChI=1S/C11H10O5/c12-8-6-5-1-3-11(4-2-5,10(14)15)7(6)9(13)16-8/h1,3,5-7H,2,4H2,(H,14,15)/t5-,6+,7+,11+/m0/s1. The third kappa shape index (κ3) is 0.887. The lowest BCUT2D eigenvalue weighted by Gasteiger charge is -2.44. The normalized spacial score (nSPS) is 44.4. The van der Waals surface area contributed by atoms with Crippen LogP contribution in [0.5, 0.6) is 0 Å². The smallest absolute Gasteiger partial charge is 0.318 e. The van der Waals surface area contributed by atoms with E-state index in [1.807, 2.05) is 0 Å². The average molecular weight is 222 g/mol. The van der Waals surface area contributed by atoms with Gasteiger partial charge in [-0.05, 0) is 18.8 Å². The Hall–Kier alpha value is -1.65. The molecular weight excluding hydrogens is 212 g/mol. The third-order valence-electron chi connectivity index (χ3n) is 4.03. The summed E-state index contributed by atoms with van der Waals surface area (Å²) in [5.41, 5.74) is -1.22. The minimum atomic E-state index is -1.22. The predicted molar refractivity (Wildman–Crippen MR) is 50.0 cm³/mol. The molecule has 1 heterocycles. The number of carboxylic acids is 1. The molecule has 1 saturated heterocycles. The van der Waals surface area contributed by atoms with Crippen molar-refractivity contribution in [2.75, 3.05) is 0 Å². The number of esters is 2.